The lowest BCUT2D eigenvalue weighted by Crippen LogP contribution is -2.32. The van der Waals surface area contributed by atoms with E-state index < -0.39 is 0 Å². The fourth-order valence-corrected chi connectivity index (χ4v) is 2.59. The predicted octanol–water partition coefficient (Wildman–Crippen LogP) is 5.98. The van der Waals surface area contributed by atoms with Gasteiger partial charge in [0.2, 0.25) is 0 Å². The van der Waals surface area contributed by atoms with Crippen LogP contribution >= 0.6 is 0 Å². The zero-order valence-electron chi connectivity index (χ0n) is 15.0. The molecule has 1 nitrogen and oxygen atoms in total. The highest BCUT2D eigenvalue weighted by molar-refractivity contribution is 4.88. The van der Waals surface area contributed by atoms with Crippen molar-refractivity contribution in [2.24, 2.45) is 5.92 Å². The first-order valence-electron chi connectivity index (χ1n) is 8.42. The molecule has 0 aromatic heterocycles. The fraction of sp³-hybridized carbons (Fsp3) is 1.00. The standard InChI is InChI=1S/C11H23N.3C2H6/c1-5-7-11-10(6-2)8-9(3)12(11)4;3*1-2/h9-11H,5-8H2,1-4H3;3*1-2H3. The molecule has 0 radical (unpaired) electrons. The summed E-state index contributed by atoms with van der Waals surface area (Å²) in [5.74, 6) is 0.963. The molecule has 1 rings (SSSR count). The van der Waals surface area contributed by atoms with E-state index in [9.17, 15) is 0 Å². The van der Waals surface area contributed by atoms with Crippen LogP contribution in [0.25, 0.3) is 0 Å². The van der Waals surface area contributed by atoms with E-state index in [1.54, 1.807) is 0 Å². The summed E-state index contributed by atoms with van der Waals surface area (Å²) >= 11 is 0. The fourth-order valence-electron chi connectivity index (χ4n) is 2.59. The molecule has 0 aromatic rings. The monoisotopic (exact) mass is 259 g/mol. The molecule has 114 valence electrons. The van der Waals surface area contributed by atoms with Gasteiger partial charge in [-0.1, -0.05) is 68.2 Å². The predicted molar refractivity (Wildman–Crippen MR) is 88.4 cm³/mol. The Balaban J connectivity index is -0.000000328. The first-order chi connectivity index (χ1) is 8.70. The first kappa shape index (κ1) is 23.1. The second-order valence-corrected chi connectivity index (χ2v) is 4.27. The molecule has 0 aliphatic carbocycles. The van der Waals surface area contributed by atoms with Gasteiger partial charge in [-0.05, 0) is 32.7 Å². The molecule has 3 unspecified atom stereocenters. The summed E-state index contributed by atoms with van der Waals surface area (Å²) in [5, 5.41) is 0. The van der Waals surface area contributed by atoms with Gasteiger partial charge in [0.05, 0.1) is 0 Å². The highest BCUT2D eigenvalue weighted by Crippen LogP contribution is 2.32. The van der Waals surface area contributed by atoms with Gasteiger partial charge < -0.3 is 4.90 Å². The minimum atomic E-state index is 0.812. The highest BCUT2D eigenvalue weighted by atomic mass is 15.2. The molecule has 1 aliphatic heterocycles. The zero-order chi connectivity index (χ0) is 15.1. The average molecular weight is 260 g/mol. The van der Waals surface area contributed by atoms with E-state index in [0.717, 1.165) is 18.0 Å². The largest absolute Gasteiger partial charge is 0.300 e. The Morgan fingerprint density at radius 3 is 1.72 bits per heavy atom. The molecule has 3 atom stereocenters. The van der Waals surface area contributed by atoms with Gasteiger partial charge in [0, 0.05) is 12.1 Å². The minimum absolute atomic E-state index is 0.812. The van der Waals surface area contributed by atoms with E-state index in [4.69, 9.17) is 0 Å². The quantitative estimate of drug-likeness (QED) is 0.602. The lowest BCUT2D eigenvalue weighted by atomic mass is 9.93. The number of hydrogen-bond acceptors (Lipinski definition) is 1. The average Bonchev–Trinajstić information content (AvgIpc) is 2.73. The summed E-state index contributed by atoms with van der Waals surface area (Å²) in [6, 6.07) is 1.68. The molecule has 0 bridgehead atoms. The third-order valence-corrected chi connectivity index (χ3v) is 3.52. The van der Waals surface area contributed by atoms with Crippen LogP contribution in [0.4, 0.5) is 0 Å². The summed E-state index contributed by atoms with van der Waals surface area (Å²) in [6.07, 6.45) is 5.49. The van der Waals surface area contributed by atoms with Crippen molar-refractivity contribution >= 4 is 0 Å². The van der Waals surface area contributed by atoms with Crippen molar-refractivity contribution in [3.63, 3.8) is 0 Å². The van der Waals surface area contributed by atoms with Crippen LogP contribution in [0.15, 0.2) is 0 Å². The molecular weight excluding hydrogens is 218 g/mol. The lowest BCUT2D eigenvalue weighted by Gasteiger charge is -2.25. The van der Waals surface area contributed by atoms with Crippen LogP contribution in [0, 0.1) is 5.92 Å². The summed E-state index contributed by atoms with van der Waals surface area (Å²) in [5.41, 5.74) is 0. The van der Waals surface area contributed by atoms with Crippen LogP contribution in [0.2, 0.25) is 0 Å². The van der Waals surface area contributed by atoms with Gasteiger partial charge in [0.15, 0.2) is 0 Å². The van der Waals surface area contributed by atoms with E-state index in [1.807, 2.05) is 41.5 Å². The van der Waals surface area contributed by atoms with Crippen LogP contribution in [0.3, 0.4) is 0 Å². The Morgan fingerprint density at radius 1 is 0.944 bits per heavy atom. The van der Waals surface area contributed by atoms with E-state index >= 15 is 0 Å². The van der Waals surface area contributed by atoms with Gasteiger partial charge in [-0.3, -0.25) is 0 Å². The van der Waals surface area contributed by atoms with E-state index in [-0.39, 0.29) is 0 Å². The molecule has 1 saturated heterocycles. The number of hydrogen-bond donors (Lipinski definition) is 0. The molecule has 0 aromatic carbocycles. The lowest BCUT2D eigenvalue weighted by molar-refractivity contribution is 0.218. The number of rotatable bonds is 3. The topological polar surface area (TPSA) is 3.24 Å². The van der Waals surface area contributed by atoms with Crippen LogP contribution in [-0.2, 0) is 0 Å². The van der Waals surface area contributed by atoms with Gasteiger partial charge in [-0.25, -0.2) is 0 Å². The van der Waals surface area contributed by atoms with E-state index in [2.05, 4.69) is 32.7 Å². The van der Waals surface area contributed by atoms with Gasteiger partial charge in [0.1, 0.15) is 0 Å². The maximum atomic E-state index is 2.58. The molecule has 0 N–H and O–H groups in total. The molecule has 1 fully saturated rings. The minimum Gasteiger partial charge on any atom is -0.300 e. The van der Waals surface area contributed by atoms with Crippen molar-refractivity contribution in [3.05, 3.63) is 0 Å². The third-order valence-electron chi connectivity index (χ3n) is 3.52. The van der Waals surface area contributed by atoms with Gasteiger partial charge in [-0.15, -0.1) is 0 Å². The number of likely N-dealkylation sites (tertiary alicyclic amines) is 1. The van der Waals surface area contributed by atoms with Gasteiger partial charge >= 0.3 is 0 Å². The summed E-state index contributed by atoms with van der Waals surface area (Å²) in [6.45, 7) is 19.0. The van der Waals surface area contributed by atoms with Gasteiger partial charge in [-0.2, -0.15) is 0 Å². The second-order valence-electron chi connectivity index (χ2n) is 4.27. The summed E-state index contributed by atoms with van der Waals surface area (Å²) in [4.78, 5) is 2.58. The van der Waals surface area contributed by atoms with E-state index in [1.165, 1.54) is 25.7 Å². The zero-order valence-corrected chi connectivity index (χ0v) is 15.0. The summed E-state index contributed by atoms with van der Waals surface area (Å²) in [7, 11) is 2.29. The smallest absolute Gasteiger partial charge is 0.0124 e. The van der Waals surface area contributed by atoms with Crippen LogP contribution in [0.1, 0.15) is 88.0 Å². The third kappa shape index (κ3) is 8.13. The normalized spacial score (nSPS) is 26.0. The van der Waals surface area contributed by atoms with Crippen LogP contribution in [0.5, 0.6) is 0 Å². The Labute approximate surface area is 118 Å². The molecule has 0 spiro atoms. The van der Waals surface area contributed by atoms with Crippen molar-refractivity contribution in [1.29, 1.82) is 0 Å². The molecule has 1 aliphatic rings. The number of nitrogens with zero attached hydrogens (tertiary/aromatic N) is 1. The Kier molecular flexibility index (Phi) is 21.7. The van der Waals surface area contributed by atoms with E-state index in [0.29, 0.717) is 0 Å². The molecule has 1 heterocycles. The second kappa shape index (κ2) is 17.0. The molecule has 1 heteroatoms. The Morgan fingerprint density at radius 2 is 1.39 bits per heavy atom. The maximum Gasteiger partial charge on any atom is 0.0124 e. The van der Waals surface area contributed by atoms with Crippen molar-refractivity contribution in [3.8, 4) is 0 Å². The summed E-state index contributed by atoms with van der Waals surface area (Å²) < 4.78 is 0. The molecule has 0 saturated carbocycles. The SMILES string of the molecule is CC.CC.CC.CCCC1C(CC)CC(C)N1C. The Bertz CT molecular complexity index is 134. The molecule has 0 amide bonds. The molecular formula is C17H41N. The Hall–Kier alpha value is -0.0400. The molecule has 18 heavy (non-hydrogen) atoms. The van der Waals surface area contributed by atoms with Crippen LogP contribution in [-0.4, -0.2) is 24.0 Å². The van der Waals surface area contributed by atoms with Crippen molar-refractivity contribution < 1.29 is 0 Å². The van der Waals surface area contributed by atoms with Crippen molar-refractivity contribution in [1.82, 2.24) is 4.90 Å². The van der Waals surface area contributed by atoms with Gasteiger partial charge in [0.25, 0.3) is 0 Å². The highest BCUT2D eigenvalue weighted by Gasteiger charge is 2.34. The van der Waals surface area contributed by atoms with Crippen molar-refractivity contribution in [2.45, 2.75) is 100 Å². The first-order valence-corrected chi connectivity index (χ1v) is 8.42. The van der Waals surface area contributed by atoms with Crippen molar-refractivity contribution in [2.75, 3.05) is 7.05 Å². The maximum absolute atomic E-state index is 2.58. The van der Waals surface area contributed by atoms with Crippen LogP contribution < -0.4 is 0 Å².